The molecule has 1 N–H and O–H groups in total. The number of halogens is 2. The van der Waals surface area contributed by atoms with Crippen LogP contribution in [0.3, 0.4) is 0 Å². The van der Waals surface area contributed by atoms with Crippen LogP contribution in [0.2, 0.25) is 5.02 Å². The van der Waals surface area contributed by atoms with Crippen molar-refractivity contribution in [1.82, 2.24) is 0 Å². The van der Waals surface area contributed by atoms with Gasteiger partial charge in [0.15, 0.2) is 11.5 Å². The molecule has 0 spiro atoms. The number of para-hydroxylation sites is 1. The molecule has 1 amide bonds. The van der Waals surface area contributed by atoms with Gasteiger partial charge in [-0.3, -0.25) is 9.10 Å². The SMILES string of the molecule is COc1ccc(S(=O)(=O)N(CC(=O)Nc2cccc(Cl)c2)c2ccccc2F)cc1OC. The van der Waals surface area contributed by atoms with Gasteiger partial charge in [0.05, 0.1) is 24.8 Å². The summed E-state index contributed by atoms with van der Waals surface area (Å²) in [5.41, 5.74) is 0.100. The number of nitrogens with one attached hydrogen (secondary N) is 1. The van der Waals surface area contributed by atoms with E-state index in [-0.39, 0.29) is 16.3 Å². The minimum absolute atomic E-state index is 0.172. The van der Waals surface area contributed by atoms with Crippen LogP contribution in [0.15, 0.2) is 71.6 Å². The molecule has 0 aromatic heterocycles. The molecule has 0 heterocycles. The molecule has 0 bridgehead atoms. The molecule has 0 aliphatic rings. The predicted molar refractivity (Wildman–Crippen MR) is 121 cm³/mol. The Bertz CT molecular complexity index is 1240. The summed E-state index contributed by atoms with van der Waals surface area (Å²) in [6.45, 7) is -0.676. The molecule has 0 radical (unpaired) electrons. The molecule has 0 aliphatic heterocycles. The number of methoxy groups -OCH3 is 2. The summed E-state index contributed by atoms with van der Waals surface area (Å²) < 4.78 is 52.5. The lowest BCUT2D eigenvalue weighted by Gasteiger charge is -2.25. The third-order valence-electron chi connectivity index (χ3n) is 4.46. The van der Waals surface area contributed by atoms with Crippen molar-refractivity contribution in [2.24, 2.45) is 0 Å². The lowest BCUT2D eigenvalue weighted by molar-refractivity contribution is -0.114. The van der Waals surface area contributed by atoms with Crippen molar-refractivity contribution in [1.29, 1.82) is 0 Å². The van der Waals surface area contributed by atoms with E-state index >= 15 is 0 Å². The van der Waals surface area contributed by atoms with E-state index in [1.165, 1.54) is 56.7 Å². The van der Waals surface area contributed by atoms with Crippen LogP contribution in [-0.2, 0) is 14.8 Å². The lowest BCUT2D eigenvalue weighted by Crippen LogP contribution is -2.38. The van der Waals surface area contributed by atoms with Crippen molar-refractivity contribution in [2.45, 2.75) is 4.90 Å². The van der Waals surface area contributed by atoms with Gasteiger partial charge < -0.3 is 14.8 Å². The molecule has 0 saturated heterocycles. The molecular weight excluding hydrogens is 459 g/mol. The highest BCUT2D eigenvalue weighted by Crippen LogP contribution is 2.33. The number of carbonyl (C=O) groups excluding carboxylic acids is 1. The minimum Gasteiger partial charge on any atom is -0.493 e. The van der Waals surface area contributed by atoms with Gasteiger partial charge in [0.2, 0.25) is 5.91 Å². The van der Waals surface area contributed by atoms with Gasteiger partial charge in [0, 0.05) is 16.8 Å². The number of ether oxygens (including phenoxy) is 2. The predicted octanol–water partition coefficient (Wildman–Crippen LogP) is 4.33. The Morgan fingerprint density at radius 3 is 2.38 bits per heavy atom. The number of sulfonamides is 1. The fourth-order valence-electron chi connectivity index (χ4n) is 2.96. The molecule has 168 valence electrons. The number of carbonyl (C=O) groups is 1. The maximum absolute atomic E-state index is 14.6. The first-order chi connectivity index (χ1) is 15.3. The smallest absolute Gasteiger partial charge is 0.265 e. The first kappa shape index (κ1) is 23.4. The largest absolute Gasteiger partial charge is 0.493 e. The average Bonchev–Trinajstić information content (AvgIpc) is 2.77. The zero-order valence-corrected chi connectivity index (χ0v) is 18.8. The van der Waals surface area contributed by atoms with Gasteiger partial charge in [0.1, 0.15) is 12.4 Å². The van der Waals surface area contributed by atoms with Gasteiger partial charge in [-0.15, -0.1) is 0 Å². The van der Waals surface area contributed by atoms with Crippen LogP contribution in [0, 0.1) is 5.82 Å². The monoisotopic (exact) mass is 478 g/mol. The molecule has 0 saturated carbocycles. The maximum Gasteiger partial charge on any atom is 0.265 e. The third-order valence-corrected chi connectivity index (χ3v) is 6.45. The second-order valence-corrected chi connectivity index (χ2v) is 8.84. The average molecular weight is 479 g/mol. The summed E-state index contributed by atoms with van der Waals surface area (Å²) >= 11 is 5.93. The number of nitrogens with zero attached hydrogens (tertiary/aromatic N) is 1. The third kappa shape index (κ3) is 5.12. The first-order valence-corrected chi connectivity index (χ1v) is 11.1. The topological polar surface area (TPSA) is 84.9 Å². The van der Waals surface area contributed by atoms with Crippen LogP contribution >= 0.6 is 11.6 Å². The molecule has 3 aromatic carbocycles. The van der Waals surface area contributed by atoms with Gasteiger partial charge >= 0.3 is 0 Å². The highest BCUT2D eigenvalue weighted by molar-refractivity contribution is 7.92. The van der Waals surface area contributed by atoms with Crippen LogP contribution < -0.4 is 19.1 Å². The van der Waals surface area contributed by atoms with E-state index in [1.54, 1.807) is 18.2 Å². The van der Waals surface area contributed by atoms with Crippen molar-refractivity contribution in [3.8, 4) is 11.5 Å². The Balaban J connectivity index is 2.01. The molecule has 0 atom stereocenters. The Morgan fingerprint density at radius 1 is 1.00 bits per heavy atom. The minimum atomic E-state index is -4.36. The zero-order chi connectivity index (χ0) is 23.3. The summed E-state index contributed by atoms with van der Waals surface area (Å²) in [4.78, 5) is 12.5. The number of amides is 1. The van der Waals surface area contributed by atoms with E-state index in [4.69, 9.17) is 21.1 Å². The highest BCUT2D eigenvalue weighted by atomic mass is 35.5. The van der Waals surface area contributed by atoms with Crippen LogP contribution in [0.25, 0.3) is 0 Å². The zero-order valence-electron chi connectivity index (χ0n) is 17.2. The fourth-order valence-corrected chi connectivity index (χ4v) is 4.59. The Morgan fingerprint density at radius 2 is 1.72 bits per heavy atom. The van der Waals surface area contributed by atoms with E-state index in [1.807, 2.05) is 0 Å². The molecule has 7 nitrogen and oxygen atoms in total. The maximum atomic E-state index is 14.6. The number of hydrogen-bond donors (Lipinski definition) is 1. The van der Waals surface area contributed by atoms with E-state index in [2.05, 4.69) is 5.32 Å². The molecule has 0 fully saturated rings. The first-order valence-electron chi connectivity index (χ1n) is 9.31. The summed E-state index contributed by atoms with van der Waals surface area (Å²) in [5.74, 6) is -0.986. The quantitative estimate of drug-likeness (QED) is 0.521. The summed E-state index contributed by atoms with van der Waals surface area (Å²) in [5, 5.41) is 2.97. The molecule has 0 unspecified atom stereocenters. The van der Waals surface area contributed by atoms with Gasteiger partial charge in [0.25, 0.3) is 10.0 Å². The van der Waals surface area contributed by atoms with Crippen LogP contribution in [0.4, 0.5) is 15.8 Å². The fraction of sp³-hybridized carbons (Fsp3) is 0.136. The summed E-state index contributed by atoms with van der Waals surface area (Å²) in [6.07, 6.45) is 0. The summed E-state index contributed by atoms with van der Waals surface area (Å²) in [7, 11) is -1.58. The molecule has 3 aromatic rings. The lowest BCUT2D eigenvalue weighted by atomic mass is 10.3. The van der Waals surface area contributed by atoms with Gasteiger partial charge in [-0.1, -0.05) is 29.8 Å². The van der Waals surface area contributed by atoms with Crippen molar-refractivity contribution >= 4 is 38.9 Å². The number of hydrogen-bond acceptors (Lipinski definition) is 5. The molecule has 32 heavy (non-hydrogen) atoms. The van der Waals surface area contributed by atoms with Gasteiger partial charge in [-0.05, 0) is 42.5 Å². The normalized spacial score (nSPS) is 11.0. The second kappa shape index (κ2) is 9.88. The van der Waals surface area contributed by atoms with E-state index in [0.29, 0.717) is 20.8 Å². The van der Waals surface area contributed by atoms with Gasteiger partial charge in [-0.2, -0.15) is 0 Å². The Hall–Kier alpha value is -3.30. The Labute approximate surface area is 190 Å². The number of benzene rings is 3. The molecule has 0 aliphatic carbocycles. The van der Waals surface area contributed by atoms with Crippen molar-refractivity contribution in [3.63, 3.8) is 0 Å². The van der Waals surface area contributed by atoms with Crippen LogP contribution in [-0.4, -0.2) is 35.1 Å². The second-order valence-electron chi connectivity index (χ2n) is 6.54. The number of rotatable bonds is 8. The van der Waals surface area contributed by atoms with E-state index in [9.17, 15) is 17.6 Å². The van der Waals surface area contributed by atoms with Gasteiger partial charge in [-0.25, -0.2) is 12.8 Å². The highest BCUT2D eigenvalue weighted by Gasteiger charge is 2.30. The summed E-state index contributed by atoms with van der Waals surface area (Å²) in [6, 6.07) is 15.6. The van der Waals surface area contributed by atoms with Crippen LogP contribution in [0.5, 0.6) is 11.5 Å². The number of anilines is 2. The van der Waals surface area contributed by atoms with Crippen LogP contribution in [0.1, 0.15) is 0 Å². The van der Waals surface area contributed by atoms with E-state index < -0.39 is 28.3 Å². The van der Waals surface area contributed by atoms with Crippen molar-refractivity contribution in [3.05, 3.63) is 77.6 Å². The molecule has 3 rings (SSSR count). The van der Waals surface area contributed by atoms with Crippen molar-refractivity contribution in [2.75, 3.05) is 30.4 Å². The standard InChI is InChI=1S/C22H20ClFN2O5S/c1-30-20-11-10-17(13-21(20)31-2)32(28,29)26(19-9-4-3-8-18(19)24)14-22(27)25-16-7-5-6-15(23)12-16/h3-13H,14H2,1-2H3,(H,25,27). The molecular formula is C22H20ClFN2O5S. The van der Waals surface area contributed by atoms with E-state index in [0.717, 1.165) is 6.07 Å². The van der Waals surface area contributed by atoms with Crippen molar-refractivity contribution < 1.29 is 27.1 Å². The molecule has 10 heteroatoms. The Kier molecular flexibility index (Phi) is 7.22.